The van der Waals surface area contributed by atoms with E-state index in [1.54, 1.807) is 18.9 Å². The minimum Gasteiger partial charge on any atom is -0.373 e. The van der Waals surface area contributed by atoms with E-state index in [1.165, 1.54) is 16.4 Å². The number of nitrogens with one attached hydrogen (secondary N) is 1. The molecule has 4 aliphatic heterocycles. The number of urea groups is 1. The molecule has 3 amide bonds. The summed E-state index contributed by atoms with van der Waals surface area (Å²) in [4.78, 5) is 28.5. The summed E-state index contributed by atoms with van der Waals surface area (Å²) >= 11 is 0. The number of nitrogens with zero attached hydrogens (tertiary/aromatic N) is 3. The zero-order chi connectivity index (χ0) is 25.7. The smallest absolute Gasteiger partial charge is 0.320 e. The summed E-state index contributed by atoms with van der Waals surface area (Å²) in [6, 6.07) is 3.11. The normalized spacial score (nSPS) is 28.3. The van der Waals surface area contributed by atoms with Crippen LogP contribution in [0.4, 0.5) is 9.18 Å². The Kier molecular flexibility index (Phi) is 6.73. The van der Waals surface area contributed by atoms with Gasteiger partial charge in [-0.3, -0.25) is 4.79 Å². The largest absolute Gasteiger partial charge is 0.373 e. The van der Waals surface area contributed by atoms with Crippen molar-refractivity contribution in [2.24, 2.45) is 0 Å². The molecule has 36 heavy (non-hydrogen) atoms. The second-order valence-corrected chi connectivity index (χ2v) is 12.3. The summed E-state index contributed by atoms with van der Waals surface area (Å²) in [6.45, 7) is 3.99. The molecule has 1 unspecified atom stereocenters. The van der Waals surface area contributed by atoms with Gasteiger partial charge in [0, 0.05) is 33.2 Å². The number of benzene rings is 1. The summed E-state index contributed by atoms with van der Waals surface area (Å²) in [7, 11) is -2.26. The number of carbonyl (C=O) groups excluding carboxylic acids is 2. The highest BCUT2D eigenvalue weighted by Gasteiger charge is 2.47. The number of amides is 3. The highest BCUT2D eigenvalue weighted by Crippen LogP contribution is 2.39. The van der Waals surface area contributed by atoms with Crippen molar-refractivity contribution in [3.8, 4) is 0 Å². The minimum atomic E-state index is -3.80. The van der Waals surface area contributed by atoms with E-state index >= 15 is 0 Å². The molecular weight excluding hydrogens is 491 g/mol. The molecule has 198 valence electrons. The Morgan fingerprint density at radius 2 is 1.97 bits per heavy atom. The maximum atomic E-state index is 13.5. The van der Waals surface area contributed by atoms with Gasteiger partial charge in [-0.15, -0.1) is 0 Å². The number of hydrogen-bond donors (Lipinski definition) is 1. The third kappa shape index (κ3) is 4.71. The minimum absolute atomic E-state index is 0.0489. The van der Waals surface area contributed by atoms with Gasteiger partial charge in [0.25, 0.3) is 0 Å². The van der Waals surface area contributed by atoms with Gasteiger partial charge in [-0.2, -0.15) is 4.31 Å². The summed E-state index contributed by atoms with van der Waals surface area (Å²) < 4.78 is 53.0. The van der Waals surface area contributed by atoms with Crippen LogP contribution in [0.5, 0.6) is 0 Å². The van der Waals surface area contributed by atoms with Crippen LogP contribution < -0.4 is 5.32 Å². The first kappa shape index (κ1) is 25.4. The summed E-state index contributed by atoms with van der Waals surface area (Å²) in [5, 5.41) is 2.92. The average Bonchev–Trinajstić information content (AvgIpc) is 3.26. The lowest BCUT2D eigenvalue weighted by Gasteiger charge is -2.44. The fourth-order valence-electron chi connectivity index (χ4n) is 5.83. The Labute approximate surface area is 210 Å². The third-order valence-corrected chi connectivity index (χ3v) is 10.1. The topological polar surface area (TPSA) is 108 Å². The number of piperidine rings is 2. The van der Waals surface area contributed by atoms with Crippen LogP contribution in [0.15, 0.2) is 23.1 Å². The van der Waals surface area contributed by atoms with Crippen LogP contribution in [0.3, 0.4) is 0 Å². The lowest BCUT2D eigenvalue weighted by Crippen LogP contribution is -2.63. The molecule has 0 bridgehead atoms. The Morgan fingerprint density at radius 3 is 2.69 bits per heavy atom. The van der Waals surface area contributed by atoms with Crippen molar-refractivity contribution in [1.82, 2.24) is 19.4 Å². The number of aryl methyl sites for hydroxylation is 1. The number of fused-ring (bicyclic) bond motifs is 1. The van der Waals surface area contributed by atoms with Crippen LogP contribution in [0, 0.1) is 12.7 Å². The lowest BCUT2D eigenvalue weighted by atomic mass is 9.87. The van der Waals surface area contributed by atoms with Crippen LogP contribution in [-0.4, -0.2) is 105 Å². The van der Waals surface area contributed by atoms with Crippen molar-refractivity contribution in [2.45, 2.75) is 61.3 Å². The molecule has 1 N–H and O–H groups in total. The van der Waals surface area contributed by atoms with Crippen molar-refractivity contribution in [1.29, 1.82) is 0 Å². The van der Waals surface area contributed by atoms with Crippen LogP contribution >= 0.6 is 0 Å². The number of carbonyl (C=O) groups is 2. The SMILES string of the molecule is Cc1cc(F)ccc1S(=O)(=O)N(C)[C@H]1COC2(CCN(C(=O)N3CCC4OCC(=O)N[C@@H]4C3)CC2)C1. The van der Waals surface area contributed by atoms with Crippen molar-refractivity contribution >= 4 is 22.0 Å². The molecule has 4 saturated heterocycles. The zero-order valence-electron chi connectivity index (χ0n) is 20.6. The van der Waals surface area contributed by atoms with Crippen molar-refractivity contribution in [2.75, 3.05) is 46.4 Å². The van der Waals surface area contributed by atoms with E-state index < -0.39 is 21.4 Å². The van der Waals surface area contributed by atoms with Crippen molar-refractivity contribution in [3.63, 3.8) is 0 Å². The highest BCUT2D eigenvalue weighted by atomic mass is 32.2. The second-order valence-electron chi connectivity index (χ2n) is 10.3. The molecule has 1 spiro atoms. The van der Waals surface area contributed by atoms with E-state index in [4.69, 9.17) is 9.47 Å². The molecule has 12 heteroatoms. The Hall–Kier alpha value is -2.28. The maximum Gasteiger partial charge on any atom is 0.320 e. The first-order valence-corrected chi connectivity index (χ1v) is 13.8. The van der Waals surface area contributed by atoms with Gasteiger partial charge in [0.15, 0.2) is 0 Å². The Bertz CT molecular complexity index is 1140. The van der Waals surface area contributed by atoms with E-state index in [2.05, 4.69) is 5.32 Å². The molecule has 1 aromatic carbocycles. The van der Waals surface area contributed by atoms with Gasteiger partial charge in [0.1, 0.15) is 12.4 Å². The van der Waals surface area contributed by atoms with Gasteiger partial charge in [-0.25, -0.2) is 17.6 Å². The van der Waals surface area contributed by atoms with Crippen LogP contribution in [0.25, 0.3) is 0 Å². The predicted molar refractivity (Wildman–Crippen MR) is 127 cm³/mol. The van der Waals surface area contributed by atoms with Gasteiger partial charge < -0.3 is 24.6 Å². The fourth-order valence-corrected chi connectivity index (χ4v) is 7.38. The van der Waals surface area contributed by atoms with E-state index in [0.29, 0.717) is 57.4 Å². The molecule has 0 aromatic heterocycles. The van der Waals surface area contributed by atoms with Crippen molar-refractivity contribution < 1.29 is 31.9 Å². The van der Waals surface area contributed by atoms with E-state index in [1.807, 2.05) is 4.90 Å². The first-order valence-electron chi connectivity index (χ1n) is 12.4. The van der Waals surface area contributed by atoms with E-state index in [-0.39, 0.29) is 48.2 Å². The molecule has 4 heterocycles. The van der Waals surface area contributed by atoms with Crippen LogP contribution in [0.2, 0.25) is 0 Å². The molecule has 3 atom stereocenters. The number of halogens is 1. The molecule has 0 saturated carbocycles. The number of likely N-dealkylation sites (N-methyl/N-ethyl adjacent to an activating group) is 1. The van der Waals surface area contributed by atoms with Gasteiger partial charge in [0.05, 0.1) is 35.3 Å². The fraction of sp³-hybridized carbons (Fsp3) is 0.667. The molecule has 10 nitrogen and oxygen atoms in total. The molecule has 4 aliphatic rings. The third-order valence-electron chi connectivity index (χ3n) is 8.04. The zero-order valence-corrected chi connectivity index (χ0v) is 21.4. The monoisotopic (exact) mass is 524 g/mol. The molecule has 5 rings (SSSR count). The number of rotatable bonds is 3. The second kappa shape index (κ2) is 9.55. The Morgan fingerprint density at radius 1 is 1.22 bits per heavy atom. The van der Waals surface area contributed by atoms with Gasteiger partial charge in [-0.05, 0) is 56.4 Å². The molecule has 4 fully saturated rings. The van der Waals surface area contributed by atoms with Gasteiger partial charge in [0.2, 0.25) is 15.9 Å². The lowest BCUT2D eigenvalue weighted by molar-refractivity contribution is -0.139. The standard InChI is InChI=1S/C24H33FN4O6S/c1-16-11-17(25)3-4-21(16)36(32,33)27(2)18-12-24(35-14-18)6-9-28(10-7-24)23(31)29-8-5-20-19(13-29)26-22(30)15-34-20/h3-4,11,18-20H,5-10,12-15H2,1-2H3,(H,26,30)/t18-,19-,20?/m1/s1. The van der Waals surface area contributed by atoms with E-state index in [9.17, 15) is 22.4 Å². The molecule has 0 aliphatic carbocycles. The predicted octanol–water partition coefficient (Wildman–Crippen LogP) is 1.09. The maximum absolute atomic E-state index is 13.5. The van der Waals surface area contributed by atoms with E-state index in [0.717, 1.165) is 6.07 Å². The van der Waals surface area contributed by atoms with Gasteiger partial charge in [-0.1, -0.05) is 0 Å². The summed E-state index contributed by atoms with van der Waals surface area (Å²) in [5.41, 5.74) is -0.105. The number of likely N-dealkylation sites (tertiary alicyclic amines) is 2. The molecule has 1 aromatic rings. The summed E-state index contributed by atoms with van der Waals surface area (Å²) in [5.74, 6) is -0.625. The molecular formula is C24H33FN4O6S. The highest BCUT2D eigenvalue weighted by molar-refractivity contribution is 7.89. The number of ether oxygens (including phenoxy) is 2. The van der Waals surface area contributed by atoms with Crippen molar-refractivity contribution in [3.05, 3.63) is 29.6 Å². The van der Waals surface area contributed by atoms with Gasteiger partial charge >= 0.3 is 6.03 Å². The number of sulfonamides is 1. The quantitative estimate of drug-likeness (QED) is 0.634. The number of morpholine rings is 1. The van der Waals surface area contributed by atoms with Crippen LogP contribution in [0.1, 0.15) is 31.2 Å². The van der Waals surface area contributed by atoms with Crippen LogP contribution in [-0.2, 0) is 24.3 Å². The Balaban J connectivity index is 1.17. The molecule has 0 radical (unpaired) electrons. The summed E-state index contributed by atoms with van der Waals surface area (Å²) in [6.07, 6.45) is 2.43. The number of hydrogen-bond acceptors (Lipinski definition) is 6. The average molecular weight is 525 g/mol. The first-order chi connectivity index (χ1) is 17.1.